The molecule has 2 saturated heterocycles. The molecular formula is C21H42IN5. The van der Waals surface area contributed by atoms with Gasteiger partial charge in [0, 0.05) is 25.7 Å². The average molecular weight is 492 g/mol. The quantitative estimate of drug-likeness (QED) is 0.352. The fourth-order valence-electron chi connectivity index (χ4n) is 5.16. The van der Waals surface area contributed by atoms with Crippen LogP contribution in [0.15, 0.2) is 4.99 Å². The van der Waals surface area contributed by atoms with E-state index in [2.05, 4.69) is 32.5 Å². The molecule has 0 atom stereocenters. The number of aliphatic imine (C=N–C) groups is 1. The fraction of sp³-hybridized carbons (Fsp3) is 0.952. The van der Waals surface area contributed by atoms with E-state index in [0.717, 1.165) is 25.0 Å². The van der Waals surface area contributed by atoms with E-state index in [1.807, 2.05) is 7.05 Å². The van der Waals surface area contributed by atoms with E-state index in [1.165, 1.54) is 90.4 Å². The number of nitrogens with one attached hydrogen (secondary N) is 2. The lowest BCUT2D eigenvalue weighted by molar-refractivity contribution is 0.0368. The number of hydrogen-bond donors (Lipinski definition) is 2. The molecule has 3 fully saturated rings. The molecule has 1 saturated carbocycles. The van der Waals surface area contributed by atoms with Gasteiger partial charge in [-0.15, -0.1) is 24.0 Å². The summed E-state index contributed by atoms with van der Waals surface area (Å²) in [5.74, 6) is 1.79. The van der Waals surface area contributed by atoms with Gasteiger partial charge < -0.3 is 15.5 Å². The van der Waals surface area contributed by atoms with Crippen molar-refractivity contribution in [2.24, 2.45) is 10.9 Å². The Labute approximate surface area is 184 Å². The molecule has 0 aromatic rings. The molecule has 0 aromatic carbocycles. The average Bonchev–Trinajstić information content (AvgIpc) is 2.71. The minimum absolute atomic E-state index is 0. The number of guanidine groups is 1. The van der Waals surface area contributed by atoms with Gasteiger partial charge in [-0.05, 0) is 77.7 Å². The van der Waals surface area contributed by atoms with Gasteiger partial charge in [0.25, 0.3) is 0 Å². The number of likely N-dealkylation sites (tertiary alicyclic amines) is 2. The van der Waals surface area contributed by atoms with E-state index < -0.39 is 0 Å². The van der Waals surface area contributed by atoms with Crippen molar-refractivity contribution < 1.29 is 0 Å². The topological polar surface area (TPSA) is 42.9 Å². The van der Waals surface area contributed by atoms with Crippen molar-refractivity contribution in [1.29, 1.82) is 0 Å². The second-order valence-corrected chi connectivity index (χ2v) is 8.89. The first-order chi connectivity index (χ1) is 12.7. The van der Waals surface area contributed by atoms with Crippen molar-refractivity contribution in [3.05, 3.63) is 0 Å². The van der Waals surface area contributed by atoms with E-state index in [0.29, 0.717) is 5.54 Å². The van der Waals surface area contributed by atoms with Crippen molar-refractivity contribution >= 4 is 29.9 Å². The Morgan fingerprint density at radius 1 is 0.926 bits per heavy atom. The lowest BCUT2D eigenvalue weighted by Gasteiger charge is -2.48. The second kappa shape index (κ2) is 11.8. The largest absolute Gasteiger partial charge is 0.356 e. The molecule has 0 spiro atoms. The van der Waals surface area contributed by atoms with E-state index in [9.17, 15) is 0 Å². The summed E-state index contributed by atoms with van der Waals surface area (Å²) in [6.45, 7) is 7.17. The van der Waals surface area contributed by atoms with Crippen molar-refractivity contribution in [3.63, 3.8) is 0 Å². The highest BCUT2D eigenvalue weighted by atomic mass is 127. The van der Waals surface area contributed by atoms with Crippen LogP contribution in [0.3, 0.4) is 0 Å². The summed E-state index contributed by atoms with van der Waals surface area (Å²) in [6, 6.07) is 0. The van der Waals surface area contributed by atoms with Gasteiger partial charge in [-0.1, -0.05) is 25.7 Å². The van der Waals surface area contributed by atoms with E-state index in [4.69, 9.17) is 0 Å². The Kier molecular flexibility index (Phi) is 10.1. The van der Waals surface area contributed by atoms with Crippen molar-refractivity contribution in [2.75, 3.05) is 53.4 Å². The summed E-state index contributed by atoms with van der Waals surface area (Å²) >= 11 is 0. The molecule has 0 unspecified atom stereocenters. The SMILES string of the molecule is CN=C(NCC1CCN(C)CC1)NCC1(N2CCCCC2)CCCCC1.I. The summed E-state index contributed by atoms with van der Waals surface area (Å²) in [5.41, 5.74) is 0.365. The summed E-state index contributed by atoms with van der Waals surface area (Å²) in [5, 5.41) is 7.33. The highest BCUT2D eigenvalue weighted by Gasteiger charge is 2.38. The molecule has 2 N–H and O–H groups in total. The number of hydrogen-bond acceptors (Lipinski definition) is 3. The van der Waals surface area contributed by atoms with Crippen LogP contribution in [0.2, 0.25) is 0 Å². The molecule has 0 amide bonds. The molecular weight excluding hydrogens is 449 g/mol. The molecule has 0 aromatic heterocycles. The zero-order valence-electron chi connectivity index (χ0n) is 17.6. The maximum atomic E-state index is 4.51. The van der Waals surface area contributed by atoms with Crippen LogP contribution >= 0.6 is 24.0 Å². The summed E-state index contributed by atoms with van der Waals surface area (Å²) < 4.78 is 0. The maximum Gasteiger partial charge on any atom is 0.191 e. The van der Waals surface area contributed by atoms with E-state index >= 15 is 0 Å². The van der Waals surface area contributed by atoms with Gasteiger partial charge in [-0.2, -0.15) is 0 Å². The Hall–Kier alpha value is -0.0800. The first-order valence-electron chi connectivity index (χ1n) is 11.1. The van der Waals surface area contributed by atoms with Gasteiger partial charge in [0.15, 0.2) is 5.96 Å². The summed E-state index contributed by atoms with van der Waals surface area (Å²) in [6.07, 6.45) is 13.7. The first kappa shape index (κ1) is 23.2. The Bertz CT molecular complexity index is 436. The lowest BCUT2D eigenvalue weighted by Crippen LogP contribution is -2.59. The van der Waals surface area contributed by atoms with Crippen LogP contribution in [0.4, 0.5) is 0 Å². The van der Waals surface area contributed by atoms with Crippen molar-refractivity contribution in [2.45, 2.75) is 69.7 Å². The standard InChI is InChI=1S/C21H41N5.HI/c1-22-20(23-17-19-9-15-25(2)16-10-19)24-18-21(11-5-3-6-12-21)26-13-7-4-8-14-26;/h19H,3-18H2,1-2H3,(H2,22,23,24);1H. The molecule has 27 heavy (non-hydrogen) atoms. The molecule has 5 nitrogen and oxygen atoms in total. The first-order valence-corrected chi connectivity index (χ1v) is 11.1. The molecule has 0 bridgehead atoms. The smallest absolute Gasteiger partial charge is 0.191 e. The number of halogens is 1. The van der Waals surface area contributed by atoms with Crippen LogP contribution < -0.4 is 10.6 Å². The number of rotatable bonds is 5. The molecule has 3 aliphatic rings. The van der Waals surface area contributed by atoms with Crippen LogP contribution in [0.5, 0.6) is 0 Å². The van der Waals surface area contributed by atoms with Crippen molar-refractivity contribution in [1.82, 2.24) is 20.4 Å². The minimum Gasteiger partial charge on any atom is -0.356 e. The highest BCUT2D eigenvalue weighted by molar-refractivity contribution is 14.0. The number of nitrogens with zero attached hydrogens (tertiary/aromatic N) is 3. The van der Waals surface area contributed by atoms with Crippen LogP contribution in [0.25, 0.3) is 0 Å². The molecule has 0 radical (unpaired) electrons. The normalized spacial score (nSPS) is 25.6. The van der Waals surface area contributed by atoms with Gasteiger partial charge in [-0.3, -0.25) is 9.89 Å². The van der Waals surface area contributed by atoms with E-state index in [-0.39, 0.29) is 24.0 Å². The highest BCUT2D eigenvalue weighted by Crippen LogP contribution is 2.35. The molecule has 1 aliphatic carbocycles. The Balaban J connectivity index is 0.00000261. The van der Waals surface area contributed by atoms with Gasteiger partial charge in [0.1, 0.15) is 0 Å². The second-order valence-electron chi connectivity index (χ2n) is 8.89. The lowest BCUT2D eigenvalue weighted by atomic mass is 9.79. The predicted octanol–water partition coefficient (Wildman–Crippen LogP) is 3.30. The zero-order chi connectivity index (χ0) is 18.2. The fourth-order valence-corrected chi connectivity index (χ4v) is 5.16. The van der Waals surface area contributed by atoms with Gasteiger partial charge in [0.05, 0.1) is 0 Å². The summed E-state index contributed by atoms with van der Waals surface area (Å²) in [4.78, 5) is 9.77. The molecule has 158 valence electrons. The van der Waals surface area contributed by atoms with Gasteiger partial charge in [0.2, 0.25) is 0 Å². The zero-order valence-corrected chi connectivity index (χ0v) is 20.0. The Morgan fingerprint density at radius 3 is 2.19 bits per heavy atom. The summed E-state index contributed by atoms with van der Waals surface area (Å²) in [7, 11) is 4.15. The molecule has 2 aliphatic heterocycles. The van der Waals surface area contributed by atoms with Crippen LogP contribution in [-0.4, -0.2) is 74.7 Å². The van der Waals surface area contributed by atoms with E-state index in [1.54, 1.807) is 0 Å². The van der Waals surface area contributed by atoms with Crippen LogP contribution in [0, 0.1) is 5.92 Å². The van der Waals surface area contributed by atoms with Gasteiger partial charge >= 0.3 is 0 Å². The molecule has 2 heterocycles. The molecule has 3 rings (SSSR count). The molecule has 6 heteroatoms. The number of piperidine rings is 2. The maximum absolute atomic E-state index is 4.51. The van der Waals surface area contributed by atoms with Crippen LogP contribution in [-0.2, 0) is 0 Å². The Morgan fingerprint density at radius 2 is 1.56 bits per heavy atom. The van der Waals surface area contributed by atoms with Crippen LogP contribution in [0.1, 0.15) is 64.2 Å². The predicted molar refractivity (Wildman–Crippen MR) is 126 cm³/mol. The third-order valence-electron chi connectivity index (χ3n) is 7.02. The van der Waals surface area contributed by atoms with Gasteiger partial charge in [-0.25, -0.2) is 0 Å². The monoisotopic (exact) mass is 491 g/mol. The van der Waals surface area contributed by atoms with Crippen molar-refractivity contribution in [3.8, 4) is 0 Å². The minimum atomic E-state index is 0. The third kappa shape index (κ3) is 6.74. The third-order valence-corrected chi connectivity index (χ3v) is 7.02.